The lowest BCUT2D eigenvalue weighted by atomic mass is 10.1. The van der Waals surface area contributed by atoms with Crippen LogP contribution in [0.4, 0.5) is 0 Å². The van der Waals surface area contributed by atoms with Gasteiger partial charge in [-0.15, -0.1) is 0 Å². The molecule has 3 nitrogen and oxygen atoms in total. The Labute approximate surface area is 180 Å². The van der Waals surface area contributed by atoms with Crippen molar-refractivity contribution in [2.45, 2.75) is 39.3 Å². The van der Waals surface area contributed by atoms with E-state index in [0.29, 0.717) is 12.6 Å². The van der Waals surface area contributed by atoms with Crippen molar-refractivity contribution in [2.24, 2.45) is 5.92 Å². The van der Waals surface area contributed by atoms with Gasteiger partial charge in [-0.1, -0.05) is 47.8 Å². The first kappa shape index (κ1) is 19.0. The van der Waals surface area contributed by atoms with Gasteiger partial charge in [0.1, 0.15) is 6.73 Å². The zero-order valence-corrected chi connectivity index (χ0v) is 18.0. The molecular formula is C24H23NO2S2. The average Bonchev–Trinajstić information content (AvgIpc) is 3.43. The Morgan fingerprint density at radius 2 is 1.79 bits per heavy atom. The molecule has 2 fully saturated rings. The molecule has 5 heteroatoms. The number of carbonyl (C=O) groups is 1. The third-order valence-electron chi connectivity index (χ3n) is 5.45. The molecule has 5 rings (SSSR count). The van der Waals surface area contributed by atoms with Crippen molar-refractivity contribution < 1.29 is 9.53 Å². The molecule has 0 N–H and O–H groups in total. The number of rotatable bonds is 5. The van der Waals surface area contributed by atoms with Crippen molar-refractivity contribution in [3.63, 3.8) is 0 Å². The van der Waals surface area contributed by atoms with Crippen LogP contribution in [0, 0.1) is 5.92 Å². The smallest absolute Gasteiger partial charge is 0.180 e. The largest absolute Gasteiger partial charge is 0.359 e. The van der Waals surface area contributed by atoms with Gasteiger partial charge in [0.15, 0.2) is 5.78 Å². The van der Waals surface area contributed by atoms with Gasteiger partial charge in [0.2, 0.25) is 0 Å². The second-order valence-corrected chi connectivity index (χ2v) is 9.79. The van der Waals surface area contributed by atoms with Crippen LogP contribution in [-0.2, 0) is 9.53 Å². The standard InChI is InChI=1S/C24H23NO2S2/c1-16(13-18(26)14-20(17-9-10-17)25-11-12-27-15-25)19-5-4-8-23-24(19)29-22-7-3-2-6-21(22)28-23/h2-8,13-14,17H,9-12,15H2,1H3/b16-13+,20-14+. The summed E-state index contributed by atoms with van der Waals surface area (Å²) in [6.45, 7) is 4.29. The number of carbonyl (C=O) groups excluding carboxylic acids is 1. The van der Waals surface area contributed by atoms with Crippen LogP contribution in [0.25, 0.3) is 5.57 Å². The molecule has 0 aromatic heterocycles. The second kappa shape index (κ2) is 8.05. The number of fused-ring (bicyclic) bond motifs is 2. The molecule has 1 aliphatic carbocycles. The van der Waals surface area contributed by atoms with Gasteiger partial charge in [0, 0.05) is 37.9 Å². The summed E-state index contributed by atoms with van der Waals surface area (Å²) in [5.74, 6) is 0.602. The van der Waals surface area contributed by atoms with Gasteiger partial charge in [0.25, 0.3) is 0 Å². The summed E-state index contributed by atoms with van der Waals surface area (Å²) < 4.78 is 5.49. The Bertz CT molecular complexity index is 1020. The zero-order valence-electron chi connectivity index (χ0n) is 16.4. The molecule has 0 amide bonds. The van der Waals surface area contributed by atoms with E-state index in [-0.39, 0.29) is 5.78 Å². The fourth-order valence-electron chi connectivity index (χ4n) is 3.80. The van der Waals surface area contributed by atoms with E-state index in [1.807, 2.05) is 24.8 Å². The number of benzene rings is 2. The highest BCUT2D eigenvalue weighted by Crippen LogP contribution is 2.50. The molecule has 2 heterocycles. The maximum Gasteiger partial charge on any atom is 0.180 e. The summed E-state index contributed by atoms with van der Waals surface area (Å²) in [5, 5.41) is 0. The normalized spacial score (nSPS) is 19.1. The quantitative estimate of drug-likeness (QED) is 0.482. The minimum atomic E-state index is 0.0720. The van der Waals surface area contributed by atoms with Crippen molar-refractivity contribution in [3.05, 3.63) is 65.9 Å². The van der Waals surface area contributed by atoms with Crippen LogP contribution >= 0.6 is 23.5 Å². The van der Waals surface area contributed by atoms with E-state index >= 15 is 0 Å². The van der Waals surface area contributed by atoms with Gasteiger partial charge in [-0.05, 0) is 61.1 Å². The maximum absolute atomic E-state index is 12.9. The Kier molecular flexibility index (Phi) is 5.29. The summed E-state index contributed by atoms with van der Waals surface area (Å²) in [4.78, 5) is 20.2. The molecule has 0 atom stereocenters. The summed E-state index contributed by atoms with van der Waals surface area (Å²) in [6.07, 6.45) is 5.98. The molecule has 0 unspecified atom stereocenters. The van der Waals surface area contributed by atoms with E-state index < -0.39 is 0 Å². The van der Waals surface area contributed by atoms with Crippen LogP contribution < -0.4 is 0 Å². The molecule has 2 aliphatic heterocycles. The van der Waals surface area contributed by atoms with Gasteiger partial charge in [-0.25, -0.2) is 0 Å². The first-order valence-electron chi connectivity index (χ1n) is 10.0. The van der Waals surface area contributed by atoms with Crippen LogP contribution in [0.3, 0.4) is 0 Å². The number of nitrogens with zero attached hydrogens (tertiary/aromatic N) is 1. The predicted octanol–water partition coefficient (Wildman–Crippen LogP) is 5.86. The third kappa shape index (κ3) is 4.04. The SMILES string of the molecule is C/C(=C\C(=O)/C=C(\C1CC1)N1CCOC1)c1cccc2c1Sc1ccccc1S2. The van der Waals surface area contributed by atoms with E-state index in [1.165, 1.54) is 32.4 Å². The fraction of sp³-hybridized carbons (Fsp3) is 0.292. The zero-order chi connectivity index (χ0) is 19.8. The summed E-state index contributed by atoms with van der Waals surface area (Å²) in [7, 11) is 0. The molecule has 2 aromatic rings. The van der Waals surface area contributed by atoms with Crippen LogP contribution in [0.1, 0.15) is 25.3 Å². The van der Waals surface area contributed by atoms with Crippen molar-refractivity contribution >= 4 is 34.9 Å². The highest BCUT2D eigenvalue weighted by atomic mass is 32.2. The Morgan fingerprint density at radius 3 is 2.52 bits per heavy atom. The topological polar surface area (TPSA) is 29.5 Å². The predicted molar refractivity (Wildman–Crippen MR) is 118 cm³/mol. The van der Waals surface area contributed by atoms with Gasteiger partial charge in [-0.3, -0.25) is 4.79 Å². The lowest BCUT2D eigenvalue weighted by Gasteiger charge is -2.21. The van der Waals surface area contributed by atoms with Gasteiger partial charge >= 0.3 is 0 Å². The number of ether oxygens (including phenoxy) is 1. The van der Waals surface area contributed by atoms with Crippen LogP contribution in [-0.4, -0.2) is 30.6 Å². The lowest BCUT2D eigenvalue weighted by Crippen LogP contribution is -2.21. The lowest BCUT2D eigenvalue weighted by molar-refractivity contribution is -0.110. The number of allylic oxidation sites excluding steroid dienone is 4. The van der Waals surface area contributed by atoms with Gasteiger partial charge < -0.3 is 9.64 Å². The molecule has 29 heavy (non-hydrogen) atoms. The molecule has 0 radical (unpaired) electrons. The minimum Gasteiger partial charge on any atom is -0.359 e. The molecule has 1 saturated heterocycles. The van der Waals surface area contributed by atoms with Crippen LogP contribution in [0.5, 0.6) is 0 Å². The van der Waals surface area contributed by atoms with Gasteiger partial charge in [0.05, 0.1) is 6.61 Å². The Balaban J connectivity index is 1.42. The fourth-order valence-corrected chi connectivity index (χ4v) is 6.25. The molecule has 0 bridgehead atoms. The first-order valence-corrected chi connectivity index (χ1v) is 11.7. The molecule has 2 aromatic carbocycles. The number of hydrogen-bond donors (Lipinski definition) is 0. The van der Waals surface area contributed by atoms with Crippen molar-refractivity contribution in [3.8, 4) is 0 Å². The van der Waals surface area contributed by atoms with E-state index in [4.69, 9.17) is 4.74 Å². The summed E-state index contributed by atoms with van der Waals surface area (Å²) in [6, 6.07) is 14.9. The van der Waals surface area contributed by atoms with E-state index in [0.717, 1.165) is 30.0 Å². The average molecular weight is 422 g/mol. The molecule has 0 spiro atoms. The second-order valence-electron chi connectivity index (χ2n) is 7.66. The summed E-state index contributed by atoms with van der Waals surface area (Å²) >= 11 is 3.61. The van der Waals surface area contributed by atoms with Crippen molar-refractivity contribution in [2.75, 3.05) is 19.9 Å². The molecule has 1 saturated carbocycles. The van der Waals surface area contributed by atoms with E-state index in [1.54, 1.807) is 17.8 Å². The number of ketones is 1. The highest BCUT2D eigenvalue weighted by molar-refractivity contribution is 8.05. The van der Waals surface area contributed by atoms with Crippen LogP contribution in [0.2, 0.25) is 0 Å². The Morgan fingerprint density at radius 1 is 1.03 bits per heavy atom. The Hall–Kier alpha value is -1.95. The first-order chi connectivity index (χ1) is 14.2. The van der Waals surface area contributed by atoms with Crippen molar-refractivity contribution in [1.82, 2.24) is 4.90 Å². The van der Waals surface area contributed by atoms with Crippen LogP contribution in [0.15, 0.2) is 79.9 Å². The molecule has 148 valence electrons. The number of hydrogen-bond acceptors (Lipinski definition) is 5. The minimum absolute atomic E-state index is 0.0720. The third-order valence-corrected chi connectivity index (χ3v) is 8.06. The molecular weight excluding hydrogens is 398 g/mol. The summed E-state index contributed by atoms with van der Waals surface area (Å²) in [5.41, 5.74) is 3.32. The molecule has 3 aliphatic rings. The van der Waals surface area contributed by atoms with Crippen molar-refractivity contribution in [1.29, 1.82) is 0 Å². The van der Waals surface area contributed by atoms with E-state index in [9.17, 15) is 4.79 Å². The monoisotopic (exact) mass is 421 g/mol. The van der Waals surface area contributed by atoms with Gasteiger partial charge in [-0.2, -0.15) is 0 Å². The highest BCUT2D eigenvalue weighted by Gasteiger charge is 2.31. The van der Waals surface area contributed by atoms with E-state index in [2.05, 4.69) is 47.4 Å². The maximum atomic E-state index is 12.9.